The minimum atomic E-state index is 0.740. The maximum Gasteiger partial charge on any atom is -0.0230 e. The highest BCUT2D eigenvalue weighted by molar-refractivity contribution is 5.15. The van der Waals surface area contributed by atoms with Crippen molar-refractivity contribution >= 4 is 0 Å². The van der Waals surface area contributed by atoms with E-state index in [2.05, 4.69) is 13.3 Å². The zero-order valence-electron chi connectivity index (χ0n) is 9.91. The summed E-state index contributed by atoms with van der Waals surface area (Å²) in [5.74, 6) is 5.40. The van der Waals surface area contributed by atoms with Crippen LogP contribution in [0.1, 0.15) is 51.9 Å². The molecule has 4 aliphatic carbocycles. The van der Waals surface area contributed by atoms with Crippen LogP contribution in [0.25, 0.3) is 0 Å². The monoisotopic (exact) mass is 203 g/mol. The molecule has 0 aromatic carbocycles. The van der Waals surface area contributed by atoms with E-state index >= 15 is 0 Å². The summed E-state index contributed by atoms with van der Waals surface area (Å²) >= 11 is 0. The Kier molecular flexibility index (Phi) is 1.70. The van der Waals surface area contributed by atoms with Crippen molar-refractivity contribution in [1.82, 2.24) is 0 Å². The number of hydrogen-bond donors (Lipinski definition) is 0. The Bertz CT molecular complexity index is 278. The van der Waals surface area contributed by atoms with Gasteiger partial charge < -0.3 is 0 Å². The third kappa shape index (κ3) is 1.09. The Balaban J connectivity index is 1.62. The van der Waals surface area contributed by atoms with E-state index in [1.165, 1.54) is 0 Å². The van der Waals surface area contributed by atoms with Gasteiger partial charge >= 0.3 is 0 Å². The molecule has 4 bridgehead atoms. The summed E-state index contributed by atoms with van der Waals surface area (Å²) in [4.78, 5) is 0. The molecule has 0 amide bonds. The summed E-state index contributed by atoms with van der Waals surface area (Å²) < 4.78 is 0. The van der Waals surface area contributed by atoms with Gasteiger partial charge in [-0.3, -0.25) is 0 Å². The largest absolute Gasteiger partial charge is 0.0619 e. The predicted octanol–water partition coefficient (Wildman–Crippen LogP) is 4.06. The first-order valence-corrected chi connectivity index (χ1v) is 7.13. The van der Waals surface area contributed by atoms with Crippen LogP contribution in [-0.4, -0.2) is 0 Å². The zero-order chi connectivity index (χ0) is 10.0. The highest BCUT2D eigenvalue weighted by atomic mass is 14.6. The van der Waals surface area contributed by atoms with E-state index < -0.39 is 0 Å². The maximum atomic E-state index is 2.80. The van der Waals surface area contributed by atoms with Crippen molar-refractivity contribution in [2.24, 2.45) is 35.0 Å². The predicted molar refractivity (Wildman–Crippen MR) is 62.2 cm³/mol. The number of rotatable bonds is 1. The van der Waals surface area contributed by atoms with Crippen LogP contribution < -0.4 is 0 Å². The zero-order valence-corrected chi connectivity index (χ0v) is 9.91. The Morgan fingerprint density at radius 2 is 2.00 bits per heavy atom. The number of hydrogen-bond acceptors (Lipinski definition) is 0. The summed E-state index contributed by atoms with van der Waals surface area (Å²) in [7, 11) is 0. The lowest BCUT2D eigenvalue weighted by Gasteiger charge is -2.39. The van der Waals surface area contributed by atoms with Gasteiger partial charge in [-0.15, -0.1) is 0 Å². The second-order valence-electron chi connectivity index (χ2n) is 7.04. The van der Waals surface area contributed by atoms with Gasteiger partial charge in [0.25, 0.3) is 0 Å². The number of fused-ring (bicyclic) bond motifs is 4. The van der Waals surface area contributed by atoms with E-state index in [1.807, 2.05) is 0 Å². The van der Waals surface area contributed by atoms with Gasteiger partial charge in [-0.1, -0.05) is 13.3 Å². The second kappa shape index (κ2) is 2.81. The van der Waals surface area contributed by atoms with E-state index in [1.54, 1.807) is 44.9 Å². The van der Waals surface area contributed by atoms with Gasteiger partial charge in [0, 0.05) is 0 Å². The lowest BCUT2D eigenvalue weighted by atomic mass is 9.65. The molecular weight excluding hydrogens is 180 g/mol. The maximum absolute atomic E-state index is 2.80. The average molecular weight is 203 g/mol. The SMILES string of the molecule is CC1[CH]C2(C3CC4CCC3C4)CCC1C2. The Hall–Kier alpha value is 0. The van der Waals surface area contributed by atoms with Gasteiger partial charge in [0.2, 0.25) is 0 Å². The third-order valence-electron chi connectivity index (χ3n) is 6.44. The van der Waals surface area contributed by atoms with Crippen LogP contribution in [0.3, 0.4) is 0 Å². The molecule has 0 aromatic rings. The second-order valence-corrected chi connectivity index (χ2v) is 7.04. The molecule has 4 fully saturated rings. The van der Waals surface area contributed by atoms with Crippen LogP contribution in [0.5, 0.6) is 0 Å². The summed E-state index contributed by atoms with van der Waals surface area (Å²) in [5, 5.41) is 0. The molecule has 0 heterocycles. The van der Waals surface area contributed by atoms with Crippen LogP contribution in [-0.2, 0) is 0 Å². The fourth-order valence-electron chi connectivity index (χ4n) is 5.82. The molecule has 0 aromatic heterocycles. The molecule has 0 heteroatoms. The van der Waals surface area contributed by atoms with E-state index in [4.69, 9.17) is 0 Å². The summed E-state index contributed by atoms with van der Waals surface area (Å²) in [6, 6.07) is 0. The smallest absolute Gasteiger partial charge is 0.0230 e. The van der Waals surface area contributed by atoms with Crippen LogP contribution >= 0.6 is 0 Å². The highest BCUT2D eigenvalue weighted by Gasteiger charge is 2.57. The molecule has 0 N–H and O–H groups in total. The van der Waals surface area contributed by atoms with Gasteiger partial charge in [-0.2, -0.15) is 0 Å². The molecule has 0 nitrogen and oxygen atoms in total. The Morgan fingerprint density at radius 1 is 1.07 bits per heavy atom. The molecule has 83 valence electrons. The fourth-order valence-corrected chi connectivity index (χ4v) is 5.82. The summed E-state index contributed by atoms with van der Waals surface area (Å²) in [6.45, 7) is 2.47. The van der Waals surface area contributed by atoms with Gasteiger partial charge in [-0.25, -0.2) is 0 Å². The summed E-state index contributed by atoms with van der Waals surface area (Å²) in [5.41, 5.74) is 0.740. The minimum absolute atomic E-state index is 0.740. The third-order valence-corrected chi connectivity index (χ3v) is 6.44. The van der Waals surface area contributed by atoms with Gasteiger partial charge in [0.05, 0.1) is 0 Å². The van der Waals surface area contributed by atoms with Gasteiger partial charge in [-0.05, 0) is 80.0 Å². The first-order chi connectivity index (χ1) is 7.27. The van der Waals surface area contributed by atoms with Crippen LogP contribution in [0, 0.1) is 41.4 Å². The molecule has 4 aliphatic rings. The van der Waals surface area contributed by atoms with E-state index in [0.717, 1.165) is 35.0 Å². The molecule has 6 atom stereocenters. The molecule has 4 rings (SSSR count). The van der Waals surface area contributed by atoms with Crippen molar-refractivity contribution in [3.8, 4) is 0 Å². The lowest BCUT2D eigenvalue weighted by molar-refractivity contribution is 0.145. The van der Waals surface area contributed by atoms with Crippen molar-refractivity contribution in [2.75, 3.05) is 0 Å². The van der Waals surface area contributed by atoms with Gasteiger partial charge in [0.1, 0.15) is 0 Å². The molecule has 1 radical (unpaired) electrons. The molecule has 0 spiro atoms. The van der Waals surface area contributed by atoms with Crippen molar-refractivity contribution in [1.29, 1.82) is 0 Å². The molecular formula is C15H23. The molecule has 15 heavy (non-hydrogen) atoms. The standard InChI is InChI=1S/C15H23/c1-10-8-15(5-4-13(10)9-15)14-7-11-2-3-12(14)6-11/h8,10-14H,2-7,9H2,1H3. The molecule has 4 saturated carbocycles. The highest BCUT2D eigenvalue weighted by Crippen LogP contribution is 2.66. The quantitative estimate of drug-likeness (QED) is 0.603. The first-order valence-electron chi connectivity index (χ1n) is 7.13. The van der Waals surface area contributed by atoms with Crippen LogP contribution in [0.2, 0.25) is 0 Å². The first kappa shape index (κ1) is 9.07. The Labute approximate surface area is 93.8 Å². The van der Waals surface area contributed by atoms with Crippen LogP contribution in [0.4, 0.5) is 0 Å². The van der Waals surface area contributed by atoms with E-state index in [9.17, 15) is 0 Å². The van der Waals surface area contributed by atoms with Crippen molar-refractivity contribution < 1.29 is 0 Å². The Morgan fingerprint density at radius 3 is 2.53 bits per heavy atom. The summed E-state index contributed by atoms with van der Waals surface area (Å²) in [6.07, 6.45) is 13.8. The topological polar surface area (TPSA) is 0 Å². The fraction of sp³-hybridized carbons (Fsp3) is 0.933. The minimum Gasteiger partial charge on any atom is -0.0619 e. The van der Waals surface area contributed by atoms with Crippen molar-refractivity contribution in [3.63, 3.8) is 0 Å². The molecule has 6 unspecified atom stereocenters. The van der Waals surface area contributed by atoms with E-state index in [-0.39, 0.29) is 0 Å². The van der Waals surface area contributed by atoms with Crippen molar-refractivity contribution in [2.45, 2.75) is 51.9 Å². The van der Waals surface area contributed by atoms with Crippen molar-refractivity contribution in [3.05, 3.63) is 6.42 Å². The molecule has 0 saturated heterocycles. The molecule has 0 aliphatic heterocycles. The lowest BCUT2D eigenvalue weighted by Crippen LogP contribution is -2.31. The van der Waals surface area contributed by atoms with Crippen LogP contribution in [0.15, 0.2) is 0 Å². The normalized spacial score (nSPS) is 61.8. The average Bonchev–Trinajstić information content (AvgIpc) is 2.95. The van der Waals surface area contributed by atoms with Gasteiger partial charge in [0.15, 0.2) is 0 Å². The van der Waals surface area contributed by atoms with E-state index in [0.29, 0.717) is 0 Å².